The first kappa shape index (κ1) is 14.7. The van der Waals surface area contributed by atoms with Gasteiger partial charge >= 0.3 is 0 Å². The molecular weight excluding hydrogens is 276 g/mol. The Morgan fingerprint density at radius 2 is 2.18 bits per heavy atom. The number of carbonyl (C=O) groups is 1. The normalized spacial score (nSPS) is 20.8. The van der Waals surface area contributed by atoms with Crippen LogP contribution in [0.25, 0.3) is 11.3 Å². The van der Waals surface area contributed by atoms with Crippen molar-refractivity contribution in [3.8, 4) is 11.3 Å². The summed E-state index contributed by atoms with van der Waals surface area (Å²) >= 11 is 0. The summed E-state index contributed by atoms with van der Waals surface area (Å²) in [4.78, 5) is 20.8. The number of rotatable bonds is 3. The van der Waals surface area contributed by atoms with Crippen molar-refractivity contribution in [3.63, 3.8) is 0 Å². The van der Waals surface area contributed by atoms with E-state index < -0.39 is 0 Å². The molecule has 0 spiro atoms. The number of nitrogens with two attached hydrogens (primary N) is 1. The number of anilines is 1. The maximum Gasteiger partial charge on any atom is 0.227 e. The van der Waals surface area contributed by atoms with E-state index in [-0.39, 0.29) is 17.9 Å². The van der Waals surface area contributed by atoms with Crippen molar-refractivity contribution < 1.29 is 4.79 Å². The van der Waals surface area contributed by atoms with Gasteiger partial charge in [-0.15, -0.1) is 0 Å². The minimum atomic E-state index is 0.0277. The van der Waals surface area contributed by atoms with Crippen molar-refractivity contribution in [2.75, 3.05) is 5.32 Å². The first-order valence-corrected chi connectivity index (χ1v) is 7.58. The molecule has 2 aromatic rings. The molecule has 0 unspecified atom stereocenters. The minimum absolute atomic E-state index is 0.0277. The topological polar surface area (TPSA) is 80.9 Å². The number of aryl methyl sites for hydroxylation is 1. The molecule has 5 heteroatoms. The van der Waals surface area contributed by atoms with Crippen LogP contribution in [0.3, 0.4) is 0 Å². The average Bonchev–Trinajstić information content (AvgIpc) is 2.94. The zero-order valence-corrected chi connectivity index (χ0v) is 12.6. The van der Waals surface area contributed by atoms with E-state index in [1.165, 1.54) is 0 Å². The second-order valence-electron chi connectivity index (χ2n) is 5.83. The fourth-order valence-electron chi connectivity index (χ4n) is 2.87. The van der Waals surface area contributed by atoms with Crippen molar-refractivity contribution in [1.29, 1.82) is 0 Å². The molecule has 0 bridgehead atoms. The highest BCUT2D eigenvalue weighted by molar-refractivity contribution is 5.93. The van der Waals surface area contributed by atoms with Gasteiger partial charge in [-0.2, -0.15) is 0 Å². The van der Waals surface area contributed by atoms with E-state index in [0.29, 0.717) is 0 Å². The van der Waals surface area contributed by atoms with Gasteiger partial charge in [0.25, 0.3) is 0 Å². The van der Waals surface area contributed by atoms with Gasteiger partial charge in [0.2, 0.25) is 5.91 Å². The van der Waals surface area contributed by atoms with Crippen molar-refractivity contribution in [2.24, 2.45) is 11.7 Å². The van der Waals surface area contributed by atoms with E-state index in [9.17, 15) is 4.79 Å². The van der Waals surface area contributed by atoms with Crippen LogP contribution in [0.1, 0.15) is 25.1 Å². The van der Waals surface area contributed by atoms with Gasteiger partial charge < -0.3 is 11.1 Å². The summed E-state index contributed by atoms with van der Waals surface area (Å²) < 4.78 is 0. The summed E-state index contributed by atoms with van der Waals surface area (Å²) in [7, 11) is 0. The Labute approximate surface area is 130 Å². The second kappa shape index (κ2) is 6.23. The molecule has 22 heavy (non-hydrogen) atoms. The zero-order chi connectivity index (χ0) is 15.5. The number of carbonyl (C=O) groups excluding carboxylic acids is 1. The lowest BCUT2D eigenvalue weighted by Crippen LogP contribution is -2.23. The Bertz CT molecular complexity index is 686. The van der Waals surface area contributed by atoms with Crippen LogP contribution in [0, 0.1) is 12.8 Å². The predicted molar refractivity (Wildman–Crippen MR) is 86.2 cm³/mol. The van der Waals surface area contributed by atoms with E-state index in [0.717, 1.165) is 42.0 Å². The maximum absolute atomic E-state index is 12.3. The molecule has 0 radical (unpaired) electrons. The van der Waals surface area contributed by atoms with Crippen LogP contribution in [0.15, 0.2) is 36.5 Å². The highest BCUT2D eigenvalue weighted by Crippen LogP contribution is 2.26. The Morgan fingerprint density at radius 3 is 2.91 bits per heavy atom. The molecule has 1 fully saturated rings. The summed E-state index contributed by atoms with van der Waals surface area (Å²) in [5, 5.41) is 2.99. The minimum Gasteiger partial charge on any atom is -0.328 e. The monoisotopic (exact) mass is 296 g/mol. The largest absolute Gasteiger partial charge is 0.328 e. The fourth-order valence-corrected chi connectivity index (χ4v) is 2.87. The molecule has 1 aromatic heterocycles. The molecule has 1 aliphatic rings. The van der Waals surface area contributed by atoms with Crippen molar-refractivity contribution >= 4 is 11.6 Å². The van der Waals surface area contributed by atoms with Gasteiger partial charge in [-0.1, -0.05) is 12.1 Å². The number of benzene rings is 1. The lowest BCUT2D eigenvalue weighted by Gasteiger charge is -2.11. The van der Waals surface area contributed by atoms with Crippen molar-refractivity contribution in [3.05, 3.63) is 42.4 Å². The van der Waals surface area contributed by atoms with Gasteiger partial charge in [0.1, 0.15) is 5.82 Å². The van der Waals surface area contributed by atoms with Gasteiger partial charge in [0, 0.05) is 29.4 Å². The number of nitrogens with one attached hydrogen (secondary N) is 1. The van der Waals surface area contributed by atoms with Crippen LogP contribution in [0.2, 0.25) is 0 Å². The van der Waals surface area contributed by atoms with Crippen LogP contribution >= 0.6 is 0 Å². The molecule has 2 atom stereocenters. The molecule has 1 aromatic carbocycles. The predicted octanol–water partition coefficient (Wildman–Crippen LogP) is 2.52. The molecule has 3 rings (SSSR count). The van der Waals surface area contributed by atoms with E-state index >= 15 is 0 Å². The Hall–Kier alpha value is -2.27. The number of amides is 1. The third-order valence-electron chi connectivity index (χ3n) is 4.05. The standard InChI is InChI=1S/C17H20N4O/c1-11-19-8-7-16(20-11)12-3-2-4-15(10-12)21-17(22)13-5-6-14(18)9-13/h2-4,7-8,10,13-14H,5-6,9,18H2,1H3,(H,21,22)/t13-,14+/m1/s1. The number of hydrogen-bond donors (Lipinski definition) is 2. The van der Waals surface area contributed by atoms with E-state index in [2.05, 4.69) is 15.3 Å². The molecule has 0 aliphatic heterocycles. The Kier molecular flexibility index (Phi) is 4.15. The number of hydrogen-bond acceptors (Lipinski definition) is 4. The lowest BCUT2D eigenvalue weighted by atomic mass is 10.1. The fraction of sp³-hybridized carbons (Fsp3) is 0.353. The summed E-state index contributed by atoms with van der Waals surface area (Å²) in [6.45, 7) is 1.86. The second-order valence-corrected chi connectivity index (χ2v) is 5.83. The molecular formula is C17H20N4O. The van der Waals surface area contributed by atoms with E-state index in [4.69, 9.17) is 5.73 Å². The van der Waals surface area contributed by atoms with E-state index in [1.54, 1.807) is 6.20 Å². The van der Waals surface area contributed by atoms with Crippen LogP contribution in [-0.4, -0.2) is 21.9 Å². The molecule has 1 heterocycles. The van der Waals surface area contributed by atoms with Gasteiger partial charge in [0.05, 0.1) is 5.69 Å². The smallest absolute Gasteiger partial charge is 0.227 e. The van der Waals surface area contributed by atoms with Gasteiger partial charge in [-0.3, -0.25) is 4.79 Å². The van der Waals surface area contributed by atoms with Gasteiger partial charge in [0.15, 0.2) is 0 Å². The first-order chi connectivity index (χ1) is 10.6. The SMILES string of the molecule is Cc1nccc(-c2cccc(NC(=O)[C@@H]3CC[C@H](N)C3)c2)n1. The third kappa shape index (κ3) is 3.31. The molecule has 1 amide bonds. The highest BCUT2D eigenvalue weighted by atomic mass is 16.1. The zero-order valence-electron chi connectivity index (χ0n) is 12.6. The van der Waals surface area contributed by atoms with Crippen molar-refractivity contribution in [2.45, 2.75) is 32.2 Å². The number of aromatic nitrogens is 2. The quantitative estimate of drug-likeness (QED) is 0.912. The summed E-state index contributed by atoms with van der Waals surface area (Å²) in [6, 6.07) is 9.75. The van der Waals surface area contributed by atoms with Crippen molar-refractivity contribution in [1.82, 2.24) is 9.97 Å². The summed E-state index contributed by atoms with van der Waals surface area (Å²) in [5.41, 5.74) is 8.48. The highest BCUT2D eigenvalue weighted by Gasteiger charge is 2.27. The van der Waals surface area contributed by atoms with Crippen LogP contribution in [-0.2, 0) is 4.79 Å². The molecule has 5 nitrogen and oxygen atoms in total. The molecule has 3 N–H and O–H groups in total. The first-order valence-electron chi connectivity index (χ1n) is 7.58. The average molecular weight is 296 g/mol. The third-order valence-corrected chi connectivity index (χ3v) is 4.05. The summed E-state index contributed by atoms with van der Waals surface area (Å²) in [6.07, 6.45) is 4.32. The van der Waals surface area contributed by atoms with Crippen LogP contribution in [0.5, 0.6) is 0 Å². The van der Waals surface area contributed by atoms with Crippen LogP contribution in [0.4, 0.5) is 5.69 Å². The lowest BCUT2D eigenvalue weighted by molar-refractivity contribution is -0.119. The molecule has 1 saturated carbocycles. The Balaban J connectivity index is 1.75. The van der Waals surface area contributed by atoms with Gasteiger partial charge in [-0.05, 0) is 44.4 Å². The van der Waals surface area contributed by atoms with Gasteiger partial charge in [-0.25, -0.2) is 9.97 Å². The van der Waals surface area contributed by atoms with E-state index in [1.807, 2.05) is 37.3 Å². The number of nitrogens with zero attached hydrogens (tertiary/aromatic N) is 2. The maximum atomic E-state index is 12.3. The summed E-state index contributed by atoms with van der Waals surface area (Å²) in [5.74, 6) is 0.816. The van der Waals surface area contributed by atoms with Crippen LogP contribution < -0.4 is 11.1 Å². The molecule has 0 saturated heterocycles. The molecule has 1 aliphatic carbocycles. The molecule has 114 valence electrons. The Morgan fingerprint density at radius 1 is 1.32 bits per heavy atom.